The summed E-state index contributed by atoms with van der Waals surface area (Å²) >= 11 is 0. The summed E-state index contributed by atoms with van der Waals surface area (Å²) in [5.74, 6) is 2.85. The Kier molecular flexibility index (Phi) is 9.42. The van der Waals surface area contributed by atoms with Crippen LogP contribution < -0.4 is 19.3 Å². The minimum absolute atomic E-state index is 0.704. The van der Waals surface area contributed by atoms with Crippen molar-refractivity contribution in [2.75, 3.05) is 9.80 Å². The molecule has 0 N–H and O–H groups in total. The molecule has 0 amide bonds. The summed E-state index contributed by atoms with van der Waals surface area (Å²) in [7, 11) is 0. The largest absolute Gasteiger partial charge is 0.449 e. The third-order valence-electron chi connectivity index (χ3n) is 12.2. The van der Waals surface area contributed by atoms with Crippen molar-refractivity contribution in [2.45, 2.75) is 0 Å². The van der Waals surface area contributed by atoms with Gasteiger partial charge in [0.05, 0.1) is 5.52 Å². The van der Waals surface area contributed by atoms with Gasteiger partial charge in [0.2, 0.25) is 0 Å². The summed E-state index contributed by atoms with van der Waals surface area (Å²) in [5.41, 5.74) is 14.2. The third-order valence-corrected chi connectivity index (χ3v) is 12.2. The first-order valence-corrected chi connectivity index (χ1v) is 21.9. The molecule has 11 aromatic rings. The highest BCUT2D eigenvalue weighted by molar-refractivity contribution is 6.12. The number of fused-ring (bicyclic) bond motifs is 6. The van der Waals surface area contributed by atoms with Crippen LogP contribution in [0.15, 0.2) is 249 Å². The average molecular weight is 836 g/mol. The SMILES string of the molecule is c1ccc(-c2ccc(N(c3ccc(-c4ccc(-n5c6ccccc6c6ccc7c(c65)Oc5ccccc5O7)cc4)cc3)c3ccc(N(c4ccccc4)c4ccccc4)cc3)cc2)cc1. The van der Waals surface area contributed by atoms with Gasteiger partial charge in [0.25, 0.3) is 0 Å². The Balaban J connectivity index is 0.896. The molecule has 0 saturated heterocycles. The van der Waals surface area contributed by atoms with Gasteiger partial charge in [-0.25, -0.2) is 0 Å². The summed E-state index contributed by atoms with van der Waals surface area (Å²) in [4.78, 5) is 4.62. The molecular formula is C60H41N3O2. The van der Waals surface area contributed by atoms with E-state index in [1.54, 1.807) is 0 Å². The molecule has 0 unspecified atom stereocenters. The van der Waals surface area contributed by atoms with Crippen LogP contribution in [0.4, 0.5) is 34.1 Å². The van der Waals surface area contributed by atoms with Gasteiger partial charge in [0, 0.05) is 50.6 Å². The number of benzene rings is 10. The maximum absolute atomic E-state index is 6.60. The smallest absolute Gasteiger partial charge is 0.194 e. The van der Waals surface area contributed by atoms with Crippen LogP contribution in [-0.2, 0) is 0 Å². The van der Waals surface area contributed by atoms with Crippen molar-refractivity contribution >= 4 is 55.9 Å². The first-order valence-electron chi connectivity index (χ1n) is 21.9. The predicted octanol–water partition coefficient (Wildman–Crippen LogP) is 17.0. The van der Waals surface area contributed by atoms with Gasteiger partial charge in [-0.15, -0.1) is 0 Å². The third kappa shape index (κ3) is 6.93. The lowest BCUT2D eigenvalue weighted by Crippen LogP contribution is -2.12. The zero-order valence-corrected chi connectivity index (χ0v) is 35.3. The van der Waals surface area contributed by atoms with Crippen LogP contribution in [0, 0.1) is 0 Å². The van der Waals surface area contributed by atoms with E-state index >= 15 is 0 Å². The standard InChI is InChI=1S/C60H41N3O2/c1-4-14-42(15-5-1)43-24-30-48(31-25-43)62(51-38-36-50(37-39-51)61(46-16-6-2-7-17-46)47-18-8-3-9-19-47)49-32-26-44(27-33-49)45-28-34-52(35-29-45)63-55-21-11-10-20-53(55)54-40-41-58-60(59(54)63)65-57-23-13-12-22-56(57)64-58/h1-41H. The van der Waals surface area contributed by atoms with E-state index in [9.17, 15) is 0 Å². The highest BCUT2D eigenvalue weighted by Gasteiger charge is 2.25. The molecule has 0 fully saturated rings. The molecular weight excluding hydrogens is 795 g/mol. The maximum Gasteiger partial charge on any atom is 0.194 e. The number of anilines is 6. The normalized spacial score (nSPS) is 11.6. The van der Waals surface area contributed by atoms with Crippen molar-refractivity contribution < 1.29 is 9.47 Å². The van der Waals surface area contributed by atoms with Crippen molar-refractivity contribution in [1.29, 1.82) is 0 Å². The van der Waals surface area contributed by atoms with Crippen molar-refractivity contribution in [1.82, 2.24) is 4.57 Å². The molecule has 0 bridgehead atoms. The van der Waals surface area contributed by atoms with Crippen LogP contribution in [0.25, 0.3) is 49.7 Å². The predicted molar refractivity (Wildman–Crippen MR) is 268 cm³/mol. The van der Waals surface area contributed by atoms with Crippen LogP contribution in [0.1, 0.15) is 0 Å². The molecule has 5 nitrogen and oxygen atoms in total. The van der Waals surface area contributed by atoms with E-state index in [0.717, 1.165) is 78.5 Å². The van der Waals surface area contributed by atoms with E-state index in [2.05, 4.69) is 233 Å². The molecule has 308 valence electrons. The second-order valence-corrected chi connectivity index (χ2v) is 16.2. The Morgan fingerprint density at radius 3 is 1.22 bits per heavy atom. The number of nitrogens with zero attached hydrogens (tertiary/aromatic N) is 3. The van der Waals surface area contributed by atoms with Crippen LogP contribution in [0.2, 0.25) is 0 Å². The van der Waals surface area contributed by atoms with Gasteiger partial charge in [0.15, 0.2) is 23.0 Å². The fraction of sp³-hybridized carbons (Fsp3) is 0. The molecule has 0 saturated carbocycles. The lowest BCUT2D eigenvalue weighted by Gasteiger charge is -2.28. The summed E-state index contributed by atoms with van der Waals surface area (Å²) in [5, 5.41) is 2.27. The van der Waals surface area contributed by atoms with E-state index < -0.39 is 0 Å². The van der Waals surface area contributed by atoms with Gasteiger partial charge >= 0.3 is 0 Å². The molecule has 0 spiro atoms. The number of rotatable bonds is 9. The molecule has 1 aliphatic heterocycles. The van der Waals surface area contributed by atoms with E-state index in [4.69, 9.17) is 9.47 Å². The van der Waals surface area contributed by atoms with Crippen LogP contribution >= 0.6 is 0 Å². The minimum atomic E-state index is 0.704. The number of para-hydroxylation sites is 5. The topological polar surface area (TPSA) is 29.9 Å². The second kappa shape index (κ2) is 16.2. The Hall–Kier alpha value is -8.80. The molecule has 1 aliphatic rings. The van der Waals surface area contributed by atoms with Crippen molar-refractivity contribution in [3.8, 4) is 50.9 Å². The average Bonchev–Trinajstić information content (AvgIpc) is 3.73. The Morgan fingerprint density at radius 2 is 0.677 bits per heavy atom. The first-order chi connectivity index (χ1) is 32.2. The van der Waals surface area contributed by atoms with Gasteiger partial charge in [-0.05, 0) is 138 Å². The molecule has 2 heterocycles. The fourth-order valence-electron chi connectivity index (χ4n) is 9.14. The Bertz CT molecular complexity index is 3400. The van der Waals surface area contributed by atoms with E-state index in [1.807, 2.05) is 30.3 Å². The van der Waals surface area contributed by atoms with Crippen LogP contribution in [-0.4, -0.2) is 4.57 Å². The quantitative estimate of drug-likeness (QED) is 0.145. The number of hydrogen-bond donors (Lipinski definition) is 0. The monoisotopic (exact) mass is 835 g/mol. The zero-order valence-electron chi connectivity index (χ0n) is 35.3. The maximum atomic E-state index is 6.60. The summed E-state index contributed by atoms with van der Waals surface area (Å²) in [6.07, 6.45) is 0. The Morgan fingerprint density at radius 1 is 0.277 bits per heavy atom. The molecule has 0 atom stereocenters. The van der Waals surface area contributed by atoms with Gasteiger partial charge in [-0.2, -0.15) is 0 Å². The Labute approximate surface area is 377 Å². The fourth-order valence-corrected chi connectivity index (χ4v) is 9.14. The summed E-state index contributed by atoms with van der Waals surface area (Å²) < 4.78 is 15.2. The minimum Gasteiger partial charge on any atom is -0.449 e. The highest BCUT2D eigenvalue weighted by atomic mass is 16.6. The molecule has 65 heavy (non-hydrogen) atoms. The lowest BCUT2D eigenvalue weighted by molar-refractivity contribution is 0.362. The van der Waals surface area contributed by atoms with E-state index in [0.29, 0.717) is 17.2 Å². The van der Waals surface area contributed by atoms with Gasteiger partial charge < -0.3 is 23.8 Å². The van der Waals surface area contributed by atoms with Crippen LogP contribution in [0.5, 0.6) is 23.0 Å². The molecule has 0 aliphatic carbocycles. The molecule has 1 aromatic heterocycles. The van der Waals surface area contributed by atoms with Gasteiger partial charge in [0.1, 0.15) is 5.52 Å². The van der Waals surface area contributed by atoms with Gasteiger partial charge in [-0.1, -0.05) is 133 Å². The summed E-state index contributed by atoms with van der Waals surface area (Å²) in [6.45, 7) is 0. The van der Waals surface area contributed by atoms with Crippen LogP contribution in [0.3, 0.4) is 0 Å². The highest BCUT2D eigenvalue weighted by Crippen LogP contribution is 2.51. The van der Waals surface area contributed by atoms with E-state index in [-0.39, 0.29) is 0 Å². The van der Waals surface area contributed by atoms with Crippen molar-refractivity contribution in [3.05, 3.63) is 249 Å². The molecule has 10 aromatic carbocycles. The zero-order chi connectivity index (χ0) is 43.1. The first kappa shape index (κ1) is 37.9. The molecule has 5 heteroatoms. The van der Waals surface area contributed by atoms with Crippen molar-refractivity contribution in [2.24, 2.45) is 0 Å². The number of hydrogen-bond acceptors (Lipinski definition) is 4. The lowest BCUT2D eigenvalue weighted by atomic mass is 10.0. The van der Waals surface area contributed by atoms with Gasteiger partial charge in [-0.3, -0.25) is 0 Å². The van der Waals surface area contributed by atoms with E-state index in [1.165, 1.54) is 11.1 Å². The van der Waals surface area contributed by atoms with Crippen molar-refractivity contribution in [3.63, 3.8) is 0 Å². The molecule has 0 radical (unpaired) electrons. The number of ether oxygens (including phenoxy) is 2. The molecule has 12 rings (SSSR count). The second-order valence-electron chi connectivity index (χ2n) is 16.2. The summed E-state index contributed by atoms with van der Waals surface area (Å²) in [6, 6.07) is 87.4. The number of aromatic nitrogens is 1.